The highest BCUT2D eigenvalue weighted by molar-refractivity contribution is 7.99. The van der Waals surface area contributed by atoms with Crippen molar-refractivity contribution >= 4 is 39.1 Å². The molecular formula is C10H15NO4S3. The molecule has 0 bridgehead atoms. The van der Waals surface area contributed by atoms with E-state index in [1.54, 1.807) is 11.8 Å². The van der Waals surface area contributed by atoms with E-state index in [4.69, 9.17) is 5.11 Å². The van der Waals surface area contributed by atoms with Crippen LogP contribution in [-0.4, -0.2) is 37.5 Å². The van der Waals surface area contributed by atoms with Crippen LogP contribution >= 0.6 is 23.1 Å². The topological polar surface area (TPSA) is 83.5 Å². The van der Waals surface area contributed by atoms with Crippen molar-refractivity contribution in [1.29, 1.82) is 0 Å². The number of hydrogen-bond donors (Lipinski definition) is 2. The average Bonchev–Trinajstić information content (AvgIpc) is 2.78. The molecule has 0 aliphatic heterocycles. The fraction of sp³-hybridized carbons (Fsp3) is 0.500. The molecule has 0 aromatic carbocycles. The number of rotatable bonds is 8. The Balaban J connectivity index is 2.54. The molecule has 8 heteroatoms. The van der Waals surface area contributed by atoms with Gasteiger partial charge in [-0.2, -0.15) is 11.8 Å². The summed E-state index contributed by atoms with van der Waals surface area (Å²) in [6.07, 6.45) is 0.759. The quantitative estimate of drug-likeness (QED) is 0.716. The van der Waals surface area contributed by atoms with Gasteiger partial charge in [0.2, 0.25) is 10.0 Å². The predicted octanol–water partition coefficient (Wildman–Crippen LogP) is 1.87. The van der Waals surface area contributed by atoms with Crippen molar-refractivity contribution in [3.8, 4) is 0 Å². The van der Waals surface area contributed by atoms with Gasteiger partial charge in [-0.15, -0.1) is 11.3 Å². The minimum absolute atomic E-state index is 0.0249. The Morgan fingerprint density at radius 1 is 1.50 bits per heavy atom. The van der Waals surface area contributed by atoms with Crippen LogP contribution in [0.25, 0.3) is 0 Å². The zero-order valence-electron chi connectivity index (χ0n) is 9.88. The Hall–Kier alpha value is -0.570. The van der Waals surface area contributed by atoms with Crippen molar-refractivity contribution in [2.24, 2.45) is 0 Å². The van der Waals surface area contributed by atoms with Crippen LogP contribution < -0.4 is 4.72 Å². The van der Waals surface area contributed by atoms with Gasteiger partial charge in [0, 0.05) is 6.54 Å². The maximum absolute atomic E-state index is 11.8. The molecular weight excluding hydrogens is 294 g/mol. The van der Waals surface area contributed by atoms with E-state index in [1.165, 1.54) is 12.1 Å². The number of thiophene rings is 1. The lowest BCUT2D eigenvalue weighted by atomic mass is 10.5. The van der Waals surface area contributed by atoms with Gasteiger partial charge in [0.05, 0.1) is 0 Å². The van der Waals surface area contributed by atoms with Crippen LogP contribution in [0.1, 0.15) is 23.0 Å². The molecule has 2 N–H and O–H groups in total. The van der Waals surface area contributed by atoms with Gasteiger partial charge in [0.15, 0.2) is 0 Å². The smallest absolute Gasteiger partial charge is 0.345 e. The lowest BCUT2D eigenvalue weighted by Crippen LogP contribution is -2.24. The summed E-state index contributed by atoms with van der Waals surface area (Å²) in [5.41, 5.74) is 0. The molecule has 1 aromatic rings. The summed E-state index contributed by atoms with van der Waals surface area (Å²) < 4.78 is 26.1. The molecule has 0 saturated heterocycles. The monoisotopic (exact) mass is 309 g/mol. The van der Waals surface area contributed by atoms with E-state index < -0.39 is 16.0 Å². The van der Waals surface area contributed by atoms with Gasteiger partial charge in [-0.05, 0) is 30.1 Å². The first-order valence-electron chi connectivity index (χ1n) is 5.38. The molecule has 1 aromatic heterocycles. The SMILES string of the molecule is CCSCCCNS(=O)(=O)c1ccc(C(=O)O)s1. The summed E-state index contributed by atoms with van der Waals surface area (Å²) in [5.74, 6) is 0.810. The highest BCUT2D eigenvalue weighted by Gasteiger charge is 2.18. The summed E-state index contributed by atoms with van der Waals surface area (Å²) in [6, 6.07) is 2.62. The van der Waals surface area contributed by atoms with Crippen LogP contribution in [0.3, 0.4) is 0 Å². The standard InChI is InChI=1S/C10H15NO4S3/c1-2-16-7-3-6-11-18(14,15)9-5-4-8(17-9)10(12)13/h4-5,11H,2-3,6-7H2,1H3,(H,12,13). The Labute approximate surface area is 115 Å². The number of nitrogens with one attached hydrogen (secondary N) is 1. The number of thioether (sulfide) groups is 1. The molecule has 0 amide bonds. The number of carboxylic acid groups (broad SMARTS) is 1. The molecule has 1 rings (SSSR count). The predicted molar refractivity (Wildman–Crippen MR) is 74.1 cm³/mol. The molecule has 0 aliphatic carbocycles. The van der Waals surface area contributed by atoms with E-state index >= 15 is 0 Å². The summed E-state index contributed by atoms with van der Waals surface area (Å²) >= 11 is 2.51. The van der Waals surface area contributed by atoms with Gasteiger partial charge < -0.3 is 5.11 Å². The Morgan fingerprint density at radius 3 is 2.78 bits per heavy atom. The minimum atomic E-state index is -3.56. The molecule has 0 saturated carbocycles. The van der Waals surface area contributed by atoms with Crippen molar-refractivity contribution in [3.05, 3.63) is 17.0 Å². The number of carboxylic acids is 1. The lowest BCUT2D eigenvalue weighted by molar-refractivity contribution is 0.0702. The third-order valence-electron chi connectivity index (χ3n) is 2.02. The van der Waals surface area contributed by atoms with Gasteiger partial charge in [-0.1, -0.05) is 6.92 Å². The first kappa shape index (κ1) is 15.5. The summed E-state index contributed by atoms with van der Waals surface area (Å²) in [7, 11) is -3.56. The zero-order valence-corrected chi connectivity index (χ0v) is 12.3. The Morgan fingerprint density at radius 2 is 2.22 bits per heavy atom. The summed E-state index contributed by atoms with van der Waals surface area (Å²) in [5, 5.41) is 8.73. The van der Waals surface area contributed by atoms with Crippen LogP contribution in [0.15, 0.2) is 16.3 Å². The largest absolute Gasteiger partial charge is 0.477 e. The van der Waals surface area contributed by atoms with Gasteiger partial charge in [-0.3, -0.25) is 0 Å². The van der Waals surface area contributed by atoms with Crippen LogP contribution in [0.5, 0.6) is 0 Å². The minimum Gasteiger partial charge on any atom is -0.477 e. The Bertz CT molecular complexity index is 495. The van der Waals surface area contributed by atoms with E-state index in [9.17, 15) is 13.2 Å². The normalized spacial score (nSPS) is 11.6. The zero-order chi connectivity index (χ0) is 13.6. The van der Waals surface area contributed by atoms with E-state index in [2.05, 4.69) is 4.72 Å². The van der Waals surface area contributed by atoms with Crippen LogP contribution in [0.4, 0.5) is 0 Å². The summed E-state index contributed by atoms with van der Waals surface area (Å²) in [4.78, 5) is 10.7. The molecule has 5 nitrogen and oxygen atoms in total. The fourth-order valence-electron chi connectivity index (χ4n) is 1.18. The van der Waals surface area contributed by atoms with Crippen molar-refractivity contribution in [1.82, 2.24) is 4.72 Å². The molecule has 0 aliphatic rings. The first-order valence-corrected chi connectivity index (χ1v) is 8.83. The molecule has 0 spiro atoms. The van der Waals surface area contributed by atoms with Gasteiger partial charge in [0.25, 0.3) is 0 Å². The third-order valence-corrected chi connectivity index (χ3v) is 6.03. The maximum Gasteiger partial charge on any atom is 0.345 e. The van der Waals surface area contributed by atoms with E-state index in [0.717, 1.165) is 29.3 Å². The number of aromatic carboxylic acids is 1. The van der Waals surface area contributed by atoms with Gasteiger partial charge in [0.1, 0.15) is 9.09 Å². The lowest BCUT2D eigenvalue weighted by Gasteiger charge is -2.03. The maximum atomic E-state index is 11.8. The second kappa shape index (κ2) is 7.13. The van der Waals surface area contributed by atoms with Crippen LogP contribution in [0.2, 0.25) is 0 Å². The van der Waals surface area contributed by atoms with Crippen molar-refractivity contribution in [2.75, 3.05) is 18.1 Å². The van der Waals surface area contributed by atoms with E-state index in [-0.39, 0.29) is 9.09 Å². The molecule has 0 fully saturated rings. The molecule has 0 atom stereocenters. The number of sulfonamides is 1. The first-order chi connectivity index (χ1) is 8.47. The summed E-state index contributed by atoms with van der Waals surface area (Å²) in [6.45, 7) is 2.42. The molecule has 0 unspecified atom stereocenters. The second-order valence-electron chi connectivity index (χ2n) is 3.37. The van der Waals surface area contributed by atoms with Crippen LogP contribution in [0, 0.1) is 0 Å². The number of hydrogen-bond acceptors (Lipinski definition) is 5. The molecule has 0 radical (unpaired) electrons. The van der Waals surface area contributed by atoms with Crippen molar-refractivity contribution < 1.29 is 18.3 Å². The Kier molecular flexibility index (Phi) is 6.13. The van der Waals surface area contributed by atoms with Gasteiger partial charge in [-0.25, -0.2) is 17.9 Å². The van der Waals surface area contributed by atoms with Gasteiger partial charge >= 0.3 is 5.97 Å². The molecule has 102 valence electrons. The number of carbonyl (C=O) groups is 1. The van der Waals surface area contributed by atoms with E-state index in [1.807, 2.05) is 6.92 Å². The highest BCUT2D eigenvalue weighted by Crippen LogP contribution is 2.21. The average molecular weight is 309 g/mol. The third kappa shape index (κ3) is 4.60. The molecule has 1 heterocycles. The van der Waals surface area contributed by atoms with Crippen molar-refractivity contribution in [3.63, 3.8) is 0 Å². The van der Waals surface area contributed by atoms with E-state index in [0.29, 0.717) is 6.54 Å². The second-order valence-corrected chi connectivity index (χ2v) is 7.84. The van der Waals surface area contributed by atoms with Crippen molar-refractivity contribution in [2.45, 2.75) is 17.6 Å². The highest BCUT2D eigenvalue weighted by atomic mass is 32.2. The van der Waals surface area contributed by atoms with Crippen LogP contribution in [-0.2, 0) is 10.0 Å². The fourth-order valence-corrected chi connectivity index (χ4v) is 4.08. The molecule has 18 heavy (non-hydrogen) atoms.